The molecule has 0 saturated carbocycles. The maximum atomic E-state index is 8.75. The zero-order valence-corrected chi connectivity index (χ0v) is 7.51. The van der Waals surface area contributed by atoms with Crippen LogP contribution in [0.1, 0.15) is 0 Å². The average Bonchev–Trinajstić information content (AvgIpc) is 1.88. The first kappa shape index (κ1) is 8.15. The summed E-state index contributed by atoms with van der Waals surface area (Å²) in [5.41, 5.74) is 0. The number of rotatable bonds is 1. The van der Waals surface area contributed by atoms with Crippen LogP contribution in [0.3, 0.4) is 0 Å². The minimum absolute atomic E-state index is 0.560. The van der Waals surface area contributed by atoms with Gasteiger partial charge in [0.1, 0.15) is 0 Å². The zero-order chi connectivity index (χ0) is 7.56. The summed E-state index contributed by atoms with van der Waals surface area (Å²) in [5, 5.41) is 0.560. The van der Waals surface area contributed by atoms with Crippen molar-refractivity contribution in [2.75, 3.05) is 0 Å². The molecule has 0 aromatic heterocycles. The van der Waals surface area contributed by atoms with Crippen LogP contribution in [0.2, 0.25) is 0 Å². The maximum Gasteiger partial charge on any atom is 0.199 e. The van der Waals surface area contributed by atoms with Gasteiger partial charge in [-0.2, -0.15) is 0 Å². The zero-order valence-electron chi connectivity index (χ0n) is 5.03. The monoisotopic (exact) mass is 220 g/mol. The Kier molecular flexibility index (Phi) is 2.81. The van der Waals surface area contributed by atoms with Crippen molar-refractivity contribution in [1.82, 2.24) is 0 Å². The number of hydrogen-bond acceptors (Lipinski definition) is 2. The van der Waals surface area contributed by atoms with E-state index in [-0.39, 0.29) is 0 Å². The molecule has 0 spiro atoms. The summed E-state index contributed by atoms with van der Waals surface area (Å²) in [6, 6.07) is 6.96. The molecule has 0 fully saturated rings. The molecule has 10 heavy (non-hydrogen) atoms. The average molecular weight is 221 g/mol. The number of hydrogen-bond donors (Lipinski definition) is 2. The van der Waals surface area contributed by atoms with Gasteiger partial charge in [0, 0.05) is 9.78 Å². The van der Waals surface area contributed by atoms with Crippen LogP contribution in [0.4, 0.5) is 0 Å². The van der Waals surface area contributed by atoms with Gasteiger partial charge < -0.3 is 9.79 Å². The van der Waals surface area contributed by atoms with Gasteiger partial charge in [0.15, 0.2) is 8.38 Å². The highest BCUT2D eigenvalue weighted by Gasteiger charge is 2.01. The molecule has 0 heterocycles. The second-order valence-electron chi connectivity index (χ2n) is 1.77. The van der Waals surface area contributed by atoms with Crippen LogP contribution < -0.4 is 5.30 Å². The van der Waals surface area contributed by atoms with E-state index in [9.17, 15) is 0 Å². The fraction of sp³-hybridized carbons (Fsp3) is 0. The first-order valence-electron chi connectivity index (χ1n) is 2.63. The topological polar surface area (TPSA) is 40.5 Å². The minimum Gasteiger partial charge on any atom is -0.347 e. The third-order valence-electron chi connectivity index (χ3n) is 1.04. The lowest BCUT2D eigenvalue weighted by molar-refractivity contribution is 0.497. The molecule has 1 aromatic carbocycles. The van der Waals surface area contributed by atoms with Crippen molar-refractivity contribution in [2.24, 2.45) is 0 Å². The van der Waals surface area contributed by atoms with Gasteiger partial charge in [-0.15, -0.1) is 0 Å². The van der Waals surface area contributed by atoms with E-state index in [1.165, 1.54) is 0 Å². The van der Waals surface area contributed by atoms with Gasteiger partial charge in [-0.3, -0.25) is 0 Å². The summed E-state index contributed by atoms with van der Waals surface area (Å²) in [4.78, 5) is 17.5. The lowest BCUT2D eigenvalue weighted by Crippen LogP contribution is -1.97. The molecule has 0 aliphatic heterocycles. The Labute approximate surface area is 68.6 Å². The van der Waals surface area contributed by atoms with E-state index >= 15 is 0 Å². The third-order valence-corrected chi connectivity index (χ3v) is 2.27. The Morgan fingerprint density at radius 2 is 2.00 bits per heavy atom. The summed E-state index contributed by atoms with van der Waals surface area (Å²) in [5.74, 6) is 0. The molecule has 0 saturated heterocycles. The molecule has 0 bridgehead atoms. The van der Waals surface area contributed by atoms with Crippen molar-refractivity contribution in [3.8, 4) is 0 Å². The second kappa shape index (κ2) is 3.44. The van der Waals surface area contributed by atoms with Crippen LogP contribution in [0.5, 0.6) is 0 Å². The van der Waals surface area contributed by atoms with Crippen LogP contribution in [0, 0.1) is 0 Å². The standard InChI is InChI=1S/C6H6BrO2P/c7-5-2-1-3-6(4-5)10(8)9/h1-4,8-9H. The molecule has 1 rings (SSSR count). The fourth-order valence-electron chi connectivity index (χ4n) is 0.601. The lowest BCUT2D eigenvalue weighted by Gasteiger charge is -2.00. The molecule has 54 valence electrons. The first-order valence-corrected chi connectivity index (χ1v) is 4.67. The smallest absolute Gasteiger partial charge is 0.199 e. The van der Waals surface area contributed by atoms with Gasteiger partial charge in [0.05, 0.1) is 0 Å². The SMILES string of the molecule is OP(O)c1cccc(Br)c1. The van der Waals surface area contributed by atoms with Crippen molar-refractivity contribution in [1.29, 1.82) is 0 Å². The Morgan fingerprint density at radius 1 is 1.30 bits per heavy atom. The predicted molar refractivity (Wildman–Crippen MR) is 45.1 cm³/mol. The van der Waals surface area contributed by atoms with Crippen LogP contribution in [0.15, 0.2) is 28.7 Å². The molecule has 2 N–H and O–H groups in total. The first-order chi connectivity index (χ1) is 4.70. The van der Waals surface area contributed by atoms with Crippen molar-refractivity contribution in [3.63, 3.8) is 0 Å². The number of halogens is 1. The maximum absolute atomic E-state index is 8.75. The van der Waals surface area contributed by atoms with E-state index in [1.807, 2.05) is 6.07 Å². The highest BCUT2D eigenvalue weighted by Crippen LogP contribution is 2.23. The number of benzene rings is 1. The molecule has 4 heteroatoms. The van der Waals surface area contributed by atoms with Gasteiger partial charge in [0.25, 0.3) is 0 Å². The van der Waals surface area contributed by atoms with E-state index in [2.05, 4.69) is 15.9 Å². The molecule has 0 radical (unpaired) electrons. The van der Waals surface area contributed by atoms with E-state index in [1.54, 1.807) is 18.2 Å². The van der Waals surface area contributed by atoms with Crippen LogP contribution in [-0.2, 0) is 0 Å². The fourth-order valence-corrected chi connectivity index (χ4v) is 1.65. The van der Waals surface area contributed by atoms with Gasteiger partial charge >= 0.3 is 0 Å². The normalized spacial score (nSPS) is 10.4. The molecule has 0 aliphatic rings. The quantitative estimate of drug-likeness (QED) is 0.703. The van der Waals surface area contributed by atoms with E-state index < -0.39 is 8.38 Å². The highest BCUT2D eigenvalue weighted by molar-refractivity contribution is 9.10. The van der Waals surface area contributed by atoms with Gasteiger partial charge in [-0.25, -0.2) is 0 Å². The van der Waals surface area contributed by atoms with Gasteiger partial charge in [-0.1, -0.05) is 22.0 Å². The van der Waals surface area contributed by atoms with E-state index in [4.69, 9.17) is 9.79 Å². The van der Waals surface area contributed by atoms with E-state index in [0.717, 1.165) is 4.47 Å². The van der Waals surface area contributed by atoms with Crippen LogP contribution in [0.25, 0.3) is 0 Å². The molecule has 0 amide bonds. The Bertz CT molecular complexity index is 227. The second-order valence-corrected chi connectivity index (χ2v) is 3.78. The lowest BCUT2D eigenvalue weighted by atomic mass is 10.4. The van der Waals surface area contributed by atoms with Crippen molar-refractivity contribution < 1.29 is 9.79 Å². The summed E-state index contributed by atoms with van der Waals surface area (Å²) >= 11 is 3.22. The predicted octanol–water partition coefficient (Wildman–Crippen LogP) is 1.37. The molecule has 0 atom stereocenters. The van der Waals surface area contributed by atoms with Crippen LogP contribution in [-0.4, -0.2) is 9.79 Å². The molecular weight excluding hydrogens is 215 g/mol. The highest BCUT2D eigenvalue weighted by atomic mass is 79.9. The summed E-state index contributed by atoms with van der Waals surface area (Å²) in [7, 11) is -1.94. The summed E-state index contributed by atoms with van der Waals surface area (Å²) in [6.07, 6.45) is 0. The largest absolute Gasteiger partial charge is 0.347 e. The third kappa shape index (κ3) is 2.03. The Morgan fingerprint density at radius 3 is 2.40 bits per heavy atom. The van der Waals surface area contributed by atoms with Crippen molar-refractivity contribution >= 4 is 29.6 Å². The van der Waals surface area contributed by atoms with Crippen LogP contribution >= 0.6 is 24.3 Å². The Balaban J connectivity index is 2.96. The molecule has 0 unspecified atom stereocenters. The Hall–Kier alpha value is 0.0500. The minimum atomic E-state index is -1.94. The molecule has 1 aromatic rings. The molecule has 2 nitrogen and oxygen atoms in total. The van der Waals surface area contributed by atoms with Gasteiger partial charge in [0.2, 0.25) is 0 Å². The molecule has 0 aliphatic carbocycles. The van der Waals surface area contributed by atoms with Crippen molar-refractivity contribution in [2.45, 2.75) is 0 Å². The summed E-state index contributed by atoms with van der Waals surface area (Å²) < 4.78 is 0.862. The molecular formula is C6H6BrO2P. The summed E-state index contributed by atoms with van der Waals surface area (Å²) in [6.45, 7) is 0. The van der Waals surface area contributed by atoms with Gasteiger partial charge in [-0.05, 0) is 18.2 Å². The van der Waals surface area contributed by atoms with E-state index in [0.29, 0.717) is 5.30 Å². The van der Waals surface area contributed by atoms with Crippen molar-refractivity contribution in [3.05, 3.63) is 28.7 Å².